The summed E-state index contributed by atoms with van der Waals surface area (Å²) in [6, 6.07) is 0.749. The fourth-order valence-electron chi connectivity index (χ4n) is 7.24. The minimum Gasteiger partial charge on any atom is -0.375 e. The molecule has 2 heteroatoms. The first kappa shape index (κ1) is 5.72. The molecule has 0 aromatic rings. The average molecular weight is 175 g/mol. The molecule has 10 atom stereocenters. The molecule has 5 saturated carbocycles. The van der Waals surface area contributed by atoms with Crippen molar-refractivity contribution in [3.8, 4) is 0 Å². The Morgan fingerprint density at radius 1 is 1.00 bits per heavy atom. The van der Waals surface area contributed by atoms with Gasteiger partial charge in [-0.05, 0) is 41.9 Å². The van der Waals surface area contributed by atoms with E-state index < -0.39 is 0 Å². The molecule has 0 radical (unpaired) electrons. The molecular formula is C11H13NO. The van der Waals surface area contributed by atoms with Crippen LogP contribution >= 0.6 is 0 Å². The van der Waals surface area contributed by atoms with Crippen LogP contribution in [0.4, 0.5) is 0 Å². The Hall–Kier alpha value is -0.0800. The summed E-state index contributed by atoms with van der Waals surface area (Å²) in [5.41, 5.74) is -0.364. The fourth-order valence-corrected chi connectivity index (χ4v) is 7.24. The third-order valence-electron chi connectivity index (χ3n) is 6.87. The Morgan fingerprint density at radius 3 is 2.85 bits per heavy atom. The van der Waals surface area contributed by atoms with Crippen molar-refractivity contribution in [3.63, 3.8) is 0 Å². The molecule has 0 amide bonds. The lowest BCUT2D eigenvalue weighted by atomic mass is 9.59. The third-order valence-corrected chi connectivity index (χ3v) is 6.87. The van der Waals surface area contributed by atoms with E-state index in [9.17, 15) is 5.11 Å². The van der Waals surface area contributed by atoms with Crippen molar-refractivity contribution in [2.24, 2.45) is 47.3 Å². The molecule has 2 aliphatic heterocycles. The van der Waals surface area contributed by atoms with Crippen LogP contribution in [0.1, 0.15) is 6.42 Å². The number of aliphatic hydroxyl groups is 1. The van der Waals surface area contributed by atoms with Crippen LogP contribution in [0.25, 0.3) is 0 Å². The summed E-state index contributed by atoms with van der Waals surface area (Å²) >= 11 is 0. The molecule has 2 saturated heterocycles. The molecule has 2 heterocycles. The van der Waals surface area contributed by atoms with Crippen LogP contribution in [0.3, 0.4) is 0 Å². The van der Waals surface area contributed by atoms with Crippen molar-refractivity contribution in [3.05, 3.63) is 0 Å². The van der Waals surface area contributed by atoms with Crippen LogP contribution in [0.2, 0.25) is 0 Å². The molecule has 7 rings (SSSR count). The zero-order valence-electron chi connectivity index (χ0n) is 7.35. The second-order valence-corrected chi connectivity index (χ2v) is 6.42. The van der Waals surface area contributed by atoms with Crippen LogP contribution in [0.5, 0.6) is 0 Å². The van der Waals surface area contributed by atoms with Crippen molar-refractivity contribution in [2.75, 3.05) is 0 Å². The summed E-state index contributed by atoms with van der Waals surface area (Å²) in [5, 5.41) is 14.2. The van der Waals surface area contributed by atoms with Gasteiger partial charge in [-0.15, -0.1) is 0 Å². The lowest BCUT2D eigenvalue weighted by Crippen LogP contribution is -2.50. The highest BCUT2D eigenvalue weighted by atomic mass is 16.3. The Labute approximate surface area is 76.7 Å². The standard InChI is InChI=1S/C11H13NO/c13-11-8-3-1-2-4-5(3)9(11)7(4)10(12-11)6(2)8/h2-10,12-13H,1H2/t2-,3+,4+,5+,6+,7-,8-,9+,10+,11+/m1/s1. The van der Waals surface area contributed by atoms with Crippen LogP contribution < -0.4 is 5.32 Å². The highest BCUT2D eigenvalue weighted by molar-refractivity contribution is 5.39. The Kier molecular flexibility index (Phi) is 0.513. The van der Waals surface area contributed by atoms with Crippen molar-refractivity contribution < 1.29 is 5.11 Å². The molecule has 68 valence electrons. The van der Waals surface area contributed by atoms with E-state index in [1.54, 1.807) is 0 Å². The summed E-state index contributed by atoms with van der Waals surface area (Å²) in [6.07, 6.45) is 1.48. The topological polar surface area (TPSA) is 32.3 Å². The first-order chi connectivity index (χ1) is 6.32. The van der Waals surface area contributed by atoms with Gasteiger partial charge in [0, 0.05) is 17.9 Å². The molecule has 0 aromatic heterocycles. The predicted molar refractivity (Wildman–Crippen MR) is 44.4 cm³/mol. The third kappa shape index (κ3) is 0.278. The number of nitrogens with one attached hydrogen (secondary N) is 1. The molecule has 2 nitrogen and oxygen atoms in total. The monoisotopic (exact) mass is 175 g/mol. The van der Waals surface area contributed by atoms with E-state index in [-0.39, 0.29) is 5.72 Å². The summed E-state index contributed by atoms with van der Waals surface area (Å²) in [4.78, 5) is 0. The molecule has 5 aliphatic carbocycles. The molecule has 13 heavy (non-hydrogen) atoms. The molecule has 2 N–H and O–H groups in total. The van der Waals surface area contributed by atoms with E-state index in [2.05, 4.69) is 5.32 Å². The maximum Gasteiger partial charge on any atom is 0.123 e. The van der Waals surface area contributed by atoms with Gasteiger partial charge in [0.25, 0.3) is 0 Å². The van der Waals surface area contributed by atoms with Gasteiger partial charge in [0.2, 0.25) is 0 Å². The van der Waals surface area contributed by atoms with Crippen molar-refractivity contribution in [1.82, 2.24) is 5.32 Å². The second-order valence-electron chi connectivity index (χ2n) is 6.42. The molecule has 0 aromatic carbocycles. The molecular weight excluding hydrogens is 162 g/mol. The number of hydrogen-bond donors (Lipinski definition) is 2. The van der Waals surface area contributed by atoms with Gasteiger partial charge in [-0.25, -0.2) is 0 Å². The van der Waals surface area contributed by atoms with Gasteiger partial charge < -0.3 is 5.11 Å². The van der Waals surface area contributed by atoms with Crippen molar-refractivity contribution in [1.29, 1.82) is 0 Å². The summed E-state index contributed by atoms with van der Waals surface area (Å²) < 4.78 is 0. The van der Waals surface area contributed by atoms with E-state index in [4.69, 9.17) is 0 Å². The zero-order chi connectivity index (χ0) is 8.11. The van der Waals surface area contributed by atoms with Gasteiger partial charge in [-0.3, -0.25) is 5.32 Å². The van der Waals surface area contributed by atoms with Crippen LogP contribution in [0.15, 0.2) is 0 Å². The maximum atomic E-state index is 10.6. The summed E-state index contributed by atoms with van der Waals surface area (Å²) in [5.74, 6) is 7.19. The predicted octanol–water partition coefficient (Wildman–Crippen LogP) is 0.0345. The molecule has 4 bridgehead atoms. The van der Waals surface area contributed by atoms with Gasteiger partial charge in [0.05, 0.1) is 0 Å². The Balaban J connectivity index is 1.84. The minimum atomic E-state index is -0.364. The van der Waals surface area contributed by atoms with Gasteiger partial charge in [-0.1, -0.05) is 0 Å². The van der Waals surface area contributed by atoms with E-state index in [1.165, 1.54) is 6.42 Å². The first-order valence-electron chi connectivity index (χ1n) is 5.82. The number of rotatable bonds is 0. The summed E-state index contributed by atoms with van der Waals surface area (Å²) in [6.45, 7) is 0. The average Bonchev–Trinajstić information content (AvgIpc) is 2.58. The smallest absolute Gasteiger partial charge is 0.123 e. The second kappa shape index (κ2) is 1.17. The molecule has 7 fully saturated rings. The SMILES string of the molecule is O[C@]12N[C@@H]3[C@@H]4[C@H]5[C@H]6C[C@@H]([C@@H]5[C@@H]41)[C@@H]2[C@H]63. The van der Waals surface area contributed by atoms with Gasteiger partial charge in [0.15, 0.2) is 0 Å². The minimum absolute atomic E-state index is 0.364. The Morgan fingerprint density at radius 2 is 1.92 bits per heavy atom. The zero-order valence-corrected chi connectivity index (χ0v) is 7.35. The van der Waals surface area contributed by atoms with Crippen LogP contribution in [-0.4, -0.2) is 16.9 Å². The van der Waals surface area contributed by atoms with Crippen molar-refractivity contribution >= 4 is 0 Å². The lowest BCUT2D eigenvalue weighted by Gasteiger charge is -2.45. The van der Waals surface area contributed by atoms with Crippen LogP contribution in [-0.2, 0) is 0 Å². The van der Waals surface area contributed by atoms with E-state index >= 15 is 0 Å². The number of hydrogen-bond acceptors (Lipinski definition) is 2. The van der Waals surface area contributed by atoms with Crippen LogP contribution in [0, 0.1) is 47.3 Å². The van der Waals surface area contributed by atoms with E-state index in [0.717, 1.165) is 41.5 Å². The normalized spacial score (nSPS) is 93.5. The quantitative estimate of drug-likeness (QED) is 0.544. The molecule has 0 spiro atoms. The fraction of sp³-hybridized carbons (Fsp3) is 1.00. The largest absolute Gasteiger partial charge is 0.375 e. The van der Waals surface area contributed by atoms with E-state index in [1.807, 2.05) is 0 Å². The van der Waals surface area contributed by atoms with Gasteiger partial charge >= 0.3 is 0 Å². The molecule has 0 unspecified atom stereocenters. The van der Waals surface area contributed by atoms with Gasteiger partial charge in [0.1, 0.15) is 5.72 Å². The van der Waals surface area contributed by atoms with Crippen molar-refractivity contribution in [2.45, 2.75) is 18.2 Å². The maximum absolute atomic E-state index is 10.6. The highest BCUT2D eigenvalue weighted by Crippen LogP contribution is 2.87. The lowest BCUT2D eigenvalue weighted by molar-refractivity contribution is -0.0799. The highest BCUT2D eigenvalue weighted by Gasteiger charge is 2.91. The summed E-state index contributed by atoms with van der Waals surface area (Å²) in [7, 11) is 0. The Bertz CT molecular complexity index is 356. The first-order valence-corrected chi connectivity index (χ1v) is 5.82. The molecule has 7 aliphatic rings. The van der Waals surface area contributed by atoms with Gasteiger partial charge in [-0.2, -0.15) is 0 Å². The van der Waals surface area contributed by atoms with E-state index in [0.29, 0.717) is 11.8 Å².